The normalized spacial score (nSPS) is 20.3. The summed E-state index contributed by atoms with van der Waals surface area (Å²) in [6.45, 7) is 6.94. The van der Waals surface area contributed by atoms with E-state index >= 15 is 0 Å². The zero-order valence-corrected chi connectivity index (χ0v) is 15.1. The number of amides is 1. The number of hydrogen-bond acceptors (Lipinski definition) is 3. The maximum atomic E-state index is 12.3. The van der Waals surface area contributed by atoms with Crippen molar-refractivity contribution >= 4 is 23.2 Å². The maximum absolute atomic E-state index is 12.3. The van der Waals surface area contributed by atoms with E-state index in [0.717, 1.165) is 44.6 Å². The number of anilines is 1. The molecule has 1 amide bonds. The van der Waals surface area contributed by atoms with Crippen molar-refractivity contribution in [3.05, 3.63) is 28.8 Å². The number of nitrogens with zero attached hydrogens (tertiary/aromatic N) is 3. The van der Waals surface area contributed by atoms with Gasteiger partial charge < -0.3 is 9.80 Å². The number of halogens is 1. The molecule has 128 valence electrons. The van der Waals surface area contributed by atoms with E-state index in [1.54, 1.807) is 6.07 Å². The van der Waals surface area contributed by atoms with Crippen LogP contribution in [0.3, 0.4) is 0 Å². The first-order valence-electron chi connectivity index (χ1n) is 8.74. The Morgan fingerprint density at radius 3 is 2.75 bits per heavy atom. The molecule has 1 saturated carbocycles. The van der Waals surface area contributed by atoms with Crippen molar-refractivity contribution in [1.29, 1.82) is 5.26 Å². The van der Waals surface area contributed by atoms with Crippen molar-refractivity contribution in [2.45, 2.75) is 39.2 Å². The molecule has 4 nitrogen and oxygen atoms in total. The Morgan fingerprint density at radius 1 is 1.42 bits per heavy atom. The second kappa shape index (κ2) is 7.03. The van der Waals surface area contributed by atoms with Gasteiger partial charge in [0.2, 0.25) is 5.91 Å². The second-order valence-electron chi connectivity index (χ2n) is 7.32. The van der Waals surface area contributed by atoms with E-state index < -0.39 is 0 Å². The molecule has 2 fully saturated rings. The van der Waals surface area contributed by atoms with Crippen LogP contribution in [0.15, 0.2) is 18.2 Å². The predicted octanol–water partition coefficient (Wildman–Crippen LogP) is 3.68. The molecule has 24 heavy (non-hydrogen) atoms. The molecule has 0 aromatic heterocycles. The smallest absolute Gasteiger partial charge is 0.225 e. The lowest BCUT2D eigenvalue weighted by atomic mass is 10.1. The lowest BCUT2D eigenvalue weighted by molar-refractivity contribution is -0.131. The fourth-order valence-electron chi connectivity index (χ4n) is 3.42. The standard InChI is InChI=1S/C19H24ClN3O/c1-13(2)11-23(16-6-5-15(10-21)18(20)9-16)17-7-8-22(12-17)19(24)14-3-4-14/h5-6,9,13-14,17H,3-4,7-8,11-12H2,1-2H3. The lowest BCUT2D eigenvalue weighted by Gasteiger charge is -2.33. The van der Waals surface area contributed by atoms with Gasteiger partial charge in [0, 0.05) is 37.3 Å². The number of hydrogen-bond donors (Lipinski definition) is 0. The summed E-state index contributed by atoms with van der Waals surface area (Å²) >= 11 is 6.23. The molecule has 5 heteroatoms. The van der Waals surface area contributed by atoms with Gasteiger partial charge in [-0.2, -0.15) is 5.26 Å². The first kappa shape index (κ1) is 17.1. The summed E-state index contributed by atoms with van der Waals surface area (Å²) in [6, 6.07) is 8.07. The summed E-state index contributed by atoms with van der Waals surface area (Å²) < 4.78 is 0. The minimum absolute atomic E-state index is 0.284. The van der Waals surface area contributed by atoms with Crippen molar-refractivity contribution < 1.29 is 4.79 Å². The Balaban J connectivity index is 1.78. The van der Waals surface area contributed by atoms with Gasteiger partial charge in [0.05, 0.1) is 10.6 Å². The number of carbonyl (C=O) groups excluding carboxylic acids is 1. The van der Waals surface area contributed by atoms with Gasteiger partial charge in [0.15, 0.2) is 0 Å². The van der Waals surface area contributed by atoms with Crippen LogP contribution in [-0.4, -0.2) is 36.5 Å². The zero-order chi connectivity index (χ0) is 17.3. The Morgan fingerprint density at radius 2 is 2.17 bits per heavy atom. The average Bonchev–Trinajstić information content (AvgIpc) is 3.29. The van der Waals surface area contributed by atoms with Crippen LogP contribution in [0, 0.1) is 23.2 Å². The largest absolute Gasteiger partial charge is 0.366 e. The fourth-order valence-corrected chi connectivity index (χ4v) is 3.63. The van der Waals surface area contributed by atoms with Crippen molar-refractivity contribution in [2.24, 2.45) is 11.8 Å². The first-order valence-corrected chi connectivity index (χ1v) is 9.12. The maximum Gasteiger partial charge on any atom is 0.225 e. The van der Waals surface area contributed by atoms with Crippen LogP contribution >= 0.6 is 11.6 Å². The van der Waals surface area contributed by atoms with Crippen molar-refractivity contribution in [3.63, 3.8) is 0 Å². The van der Waals surface area contributed by atoms with Crippen LogP contribution in [0.1, 0.15) is 38.7 Å². The number of benzene rings is 1. The van der Waals surface area contributed by atoms with Crippen LogP contribution in [0.2, 0.25) is 5.02 Å². The Bertz CT molecular complexity index is 663. The molecular formula is C19H24ClN3O. The molecule has 3 rings (SSSR count). The van der Waals surface area contributed by atoms with Gasteiger partial charge in [-0.25, -0.2) is 0 Å². The topological polar surface area (TPSA) is 47.3 Å². The molecule has 1 atom stereocenters. The van der Waals surface area contributed by atoms with E-state index in [2.05, 4.69) is 24.8 Å². The first-order chi connectivity index (χ1) is 11.5. The monoisotopic (exact) mass is 345 g/mol. The van der Waals surface area contributed by atoms with E-state index in [-0.39, 0.29) is 5.92 Å². The molecule has 1 aromatic rings. The molecule has 0 N–H and O–H groups in total. The van der Waals surface area contributed by atoms with Crippen molar-refractivity contribution in [2.75, 3.05) is 24.5 Å². The Kier molecular flexibility index (Phi) is 5.01. The second-order valence-corrected chi connectivity index (χ2v) is 7.73. The summed E-state index contributed by atoms with van der Waals surface area (Å²) in [4.78, 5) is 16.7. The van der Waals surface area contributed by atoms with Crippen LogP contribution < -0.4 is 4.90 Å². The molecule has 0 spiro atoms. The van der Waals surface area contributed by atoms with Gasteiger partial charge in [-0.05, 0) is 43.4 Å². The predicted molar refractivity (Wildman–Crippen MR) is 96.1 cm³/mol. The average molecular weight is 346 g/mol. The third-order valence-electron chi connectivity index (χ3n) is 4.81. The molecule has 1 heterocycles. The van der Waals surface area contributed by atoms with Crippen LogP contribution in [0.4, 0.5) is 5.69 Å². The van der Waals surface area contributed by atoms with Gasteiger partial charge >= 0.3 is 0 Å². The van der Waals surface area contributed by atoms with E-state index in [1.165, 1.54) is 0 Å². The highest BCUT2D eigenvalue weighted by molar-refractivity contribution is 6.32. The third-order valence-corrected chi connectivity index (χ3v) is 5.12. The Hall–Kier alpha value is -1.73. The summed E-state index contributed by atoms with van der Waals surface area (Å²) in [5, 5.41) is 9.56. The molecule has 1 aliphatic heterocycles. The van der Waals surface area contributed by atoms with Crippen molar-refractivity contribution in [3.8, 4) is 6.07 Å². The molecule has 1 saturated heterocycles. The molecule has 1 aliphatic carbocycles. The van der Waals surface area contributed by atoms with E-state index in [0.29, 0.717) is 28.5 Å². The van der Waals surface area contributed by atoms with Crippen molar-refractivity contribution in [1.82, 2.24) is 4.90 Å². The summed E-state index contributed by atoms with van der Waals surface area (Å²) in [6.07, 6.45) is 3.10. The highest BCUT2D eigenvalue weighted by Crippen LogP contribution is 2.34. The summed E-state index contributed by atoms with van der Waals surface area (Å²) in [7, 11) is 0. The highest BCUT2D eigenvalue weighted by atomic mass is 35.5. The number of nitriles is 1. The fraction of sp³-hybridized carbons (Fsp3) is 0.579. The number of likely N-dealkylation sites (tertiary alicyclic amines) is 1. The summed E-state index contributed by atoms with van der Waals surface area (Å²) in [5.41, 5.74) is 1.54. The third kappa shape index (κ3) is 3.67. The minimum atomic E-state index is 0.284. The van der Waals surface area contributed by atoms with Gasteiger partial charge in [-0.1, -0.05) is 25.4 Å². The molecule has 1 unspecified atom stereocenters. The molecule has 1 aromatic carbocycles. The van der Waals surface area contributed by atoms with Crippen LogP contribution in [0.5, 0.6) is 0 Å². The summed E-state index contributed by atoms with van der Waals surface area (Å²) in [5.74, 6) is 1.12. The highest BCUT2D eigenvalue weighted by Gasteiger charge is 2.38. The van der Waals surface area contributed by atoms with Gasteiger partial charge in [0.1, 0.15) is 6.07 Å². The van der Waals surface area contributed by atoms with Crippen LogP contribution in [0.25, 0.3) is 0 Å². The quantitative estimate of drug-likeness (QED) is 0.817. The molecule has 0 radical (unpaired) electrons. The van der Waals surface area contributed by atoms with E-state index in [1.807, 2.05) is 17.0 Å². The number of rotatable bonds is 5. The van der Waals surface area contributed by atoms with E-state index in [9.17, 15) is 4.79 Å². The minimum Gasteiger partial charge on any atom is -0.366 e. The number of carbonyl (C=O) groups is 1. The Labute approximate surface area is 149 Å². The van der Waals surface area contributed by atoms with E-state index in [4.69, 9.17) is 16.9 Å². The van der Waals surface area contributed by atoms with Gasteiger partial charge in [-0.15, -0.1) is 0 Å². The SMILES string of the molecule is CC(C)CN(c1ccc(C#N)c(Cl)c1)C1CCN(C(=O)C2CC2)C1. The zero-order valence-electron chi connectivity index (χ0n) is 14.3. The molecular weight excluding hydrogens is 322 g/mol. The van der Waals surface area contributed by atoms with Crippen LogP contribution in [-0.2, 0) is 4.79 Å². The lowest BCUT2D eigenvalue weighted by Crippen LogP contribution is -2.41. The molecule has 0 bridgehead atoms. The molecule has 2 aliphatic rings. The van der Waals surface area contributed by atoms with Gasteiger partial charge in [-0.3, -0.25) is 4.79 Å². The van der Waals surface area contributed by atoms with Gasteiger partial charge in [0.25, 0.3) is 0 Å².